The molecular formula is C8H7BrN2O4. The maximum atomic E-state index is 11.0. The molecule has 80 valence electrons. The minimum absolute atomic E-state index is 0.167. The number of ether oxygens (including phenoxy) is 1. The number of rotatable bonds is 3. The highest BCUT2D eigenvalue weighted by Gasteiger charge is 2.18. The Morgan fingerprint density at radius 2 is 2.40 bits per heavy atom. The topological polar surface area (TPSA) is 82.3 Å². The molecule has 0 N–H and O–H groups in total. The first-order chi connectivity index (χ1) is 7.04. The molecule has 0 aliphatic carbocycles. The normalized spacial score (nSPS) is 9.73. The second-order valence-corrected chi connectivity index (χ2v) is 3.56. The van der Waals surface area contributed by atoms with Crippen molar-refractivity contribution in [1.82, 2.24) is 4.98 Å². The van der Waals surface area contributed by atoms with E-state index in [1.165, 1.54) is 19.4 Å². The van der Waals surface area contributed by atoms with Crippen molar-refractivity contribution in [3.8, 4) is 0 Å². The van der Waals surface area contributed by atoms with E-state index in [1.807, 2.05) is 0 Å². The van der Waals surface area contributed by atoms with Crippen LogP contribution in [0.3, 0.4) is 0 Å². The van der Waals surface area contributed by atoms with Gasteiger partial charge in [-0.3, -0.25) is 4.79 Å². The van der Waals surface area contributed by atoms with E-state index in [-0.39, 0.29) is 17.8 Å². The molecule has 0 fully saturated rings. The van der Waals surface area contributed by atoms with Gasteiger partial charge in [0, 0.05) is 0 Å². The molecule has 0 unspecified atom stereocenters. The van der Waals surface area contributed by atoms with E-state index < -0.39 is 10.9 Å². The molecule has 1 aromatic heterocycles. The average Bonchev–Trinajstić information content (AvgIpc) is 2.17. The van der Waals surface area contributed by atoms with E-state index in [0.717, 1.165) is 0 Å². The fourth-order valence-corrected chi connectivity index (χ4v) is 1.37. The number of hydrogen-bond donors (Lipinski definition) is 0. The third-order valence-corrected chi connectivity index (χ3v) is 2.08. The largest absolute Gasteiger partial charge is 0.469 e. The minimum atomic E-state index is -0.634. The lowest BCUT2D eigenvalue weighted by Crippen LogP contribution is -2.07. The van der Waals surface area contributed by atoms with Gasteiger partial charge in [0.05, 0.1) is 23.6 Å². The number of methoxy groups -OCH3 is 1. The summed E-state index contributed by atoms with van der Waals surface area (Å²) in [6.45, 7) is 0. The zero-order chi connectivity index (χ0) is 11.4. The van der Waals surface area contributed by atoms with Crippen LogP contribution in [0.5, 0.6) is 0 Å². The summed E-state index contributed by atoms with van der Waals surface area (Å²) in [4.78, 5) is 24.5. The second kappa shape index (κ2) is 4.83. The molecule has 0 spiro atoms. The summed E-state index contributed by atoms with van der Waals surface area (Å²) >= 11 is 3.12. The lowest BCUT2D eigenvalue weighted by atomic mass is 10.2. The number of nitrogens with zero attached hydrogens (tertiary/aromatic N) is 2. The van der Waals surface area contributed by atoms with Crippen molar-refractivity contribution in [3.05, 3.63) is 32.4 Å². The Bertz CT molecular complexity index is 408. The lowest BCUT2D eigenvalue weighted by Gasteiger charge is -2.01. The van der Waals surface area contributed by atoms with Crippen LogP contribution in [0.15, 0.2) is 16.7 Å². The Morgan fingerprint density at radius 1 is 1.73 bits per heavy atom. The number of carbonyl (C=O) groups is 1. The predicted octanol–water partition coefficient (Wildman–Crippen LogP) is 1.47. The molecule has 0 atom stereocenters. The molecule has 0 amide bonds. The van der Waals surface area contributed by atoms with E-state index in [9.17, 15) is 14.9 Å². The molecule has 0 bridgehead atoms. The summed E-state index contributed by atoms with van der Waals surface area (Å²) in [6, 6.07) is 1.47. The molecule has 0 saturated carbocycles. The number of pyridine rings is 1. The first-order valence-corrected chi connectivity index (χ1v) is 4.69. The van der Waals surface area contributed by atoms with Crippen LogP contribution >= 0.6 is 15.9 Å². The molecule has 7 heteroatoms. The number of carbonyl (C=O) groups excluding carboxylic acids is 1. The first kappa shape index (κ1) is 11.6. The molecule has 6 nitrogen and oxygen atoms in total. The zero-order valence-electron chi connectivity index (χ0n) is 7.77. The van der Waals surface area contributed by atoms with Gasteiger partial charge >= 0.3 is 11.8 Å². The first-order valence-electron chi connectivity index (χ1n) is 3.90. The summed E-state index contributed by atoms with van der Waals surface area (Å²) < 4.78 is 5.00. The van der Waals surface area contributed by atoms with Gasteiger partial charge in [-0.1, -0.05) is 0 Å². The maximum Gasteiger partial charge on any atom is 0.367 e. The van der Waals surface area contributed by atoms with Crippen molar-refractivity contribution >= 4 is 27.7 Å². The lowest BCUT2D eigenvalue weighted by molar-refractivity contribution is -0.390. The van der Waals surface area contributed by atoms with Crippen LogP contribution in [0, 0.1) is 10.1 Å². The zero-order valence-corrected chi connectivity index (χ0v) is 9.35. The van der Waals surface area contributed by atoms with Crippen molar-refractivity contribution in [2.45, 2.75) is 6.42 Å². The Morgan fingerprint density at radius 3 is 2.93 bits per heavy atom. The Labute approximate surface area is 93.5 Å². The monoisotopic (exact) mass is 274 g/mol. The Balaban J connectivity index is 3.07. The molecular weight excluding hydrogens is 268 g/mol. The number of nitro groups is 1. The fourth-order valence-electron chi connectivity index (χ4n) is 0.996. The Kier molecular flexibility index (Phi) is 3.73. The minimum Gasteiger partial charge on any atom is -0.469 e. The summed E-state index contributed by atoms with van der Waals surface area (Å²) in [5.74, 6) is -0.874. The van der Waals surface area contributed by atoms with Gasteiger partial charge in [-0.25, -0.2) is 0 Å². The van der Waals surface area contributed by atoms with E-state index >= 15 is 0 Å². The molecule has 0 radical (unpaired) electrons. The summed E-state index contributed by atoms with van der Waals surface area (Å²) in [5, 5.41) is 10.6. The van der Waals surface area contributed by atoms with Gasteiger partial charge in [0.2, 0.25) is 0 Å². The highest BCUT2D eigenvalue weighted by Crippen LogP contribution is 2.20. The van der Waals surface area contributed by atoms with Crippen molar-refractivity contribution < 1.29 is 14.5 Å². The van der Waals surface area contributed by atoms with Crippen LogP contribution in [-0.4, -0.2) is 23.0 Å². The predicted molar refractivity (Wildman–Crippen MR) is 54.3 cm³/mol. The third kappa shape index (κ3) is 2.98. The van der Waals surface area contributed by atoms with Crippen molar-refractivity contribution in [2.24, 2.45) is 0 Å². The molecule has 0 saturated heterocycles. The fraction of sp³-hybridized carbons (Fsp3) is 0.250. The van der Waals surface area contributed by atoms with Crippen LogP contribution in [-0.2, 0) is 16.0 Å². The molecule has 0 aliphatic heterocycles. The SMILES string of the molecule is COC(=O)Cc1cc(Br)cnc1[N+](=O)[O-]. The second-order valence-electron chi connectivity index (χ2n) is 2.65. The summed E-state index contributed by atoms with van der Waals surface area (Å²) in [6.07, 6.45) is 1.14. The Hall–Kier alpha value is -1.50. The number of esters is 1. The van der Waals surface area contributed by atoms with Gasteiger partial charge in [0.15, 0.2) is 6.20 Å². The van der Waals surface area contributed by atoms with Crippen LogP contribution < -0.4 is 0 Å². The average molecular weight is 275 g/mol. The standard InChI is InChI=1S/C8H7BrN2O4/c1-15-7(12)3-5-2-6(9)4-10-8(5)11(13)14/h2,4H,3H2,1H3. The van der Waals surface area contributed by atoms with Crippen molar-refractivity contribution in [1.29, 1.82) is 0 Å². The maximum absolute atomic E-state index is 11.0. The number of aromatic nitrogens is 1. The summed E-state index contributed by atoms with van der Waals surface area (Å²) in [5.41, 5.74) is 0.223. The van der Waals surface area contributed by atoms with E-state index in [1.54, 1.807) is 0 Å². The van der Waals surface area contributed by atoms with E-state index in [0.29, 0.717) is 4.47 Å². The van der Waals surface area contributed by atoms with Crippen molar-refractivity contribution in [2.75, 3.05) is 7.11 Å². The van der Waals surface area contributed by atoms with Gasteiger partial charge in [-0.15, -0.1) is 0 Å². The highest BCUT2D eigenvalue weighted by atomic mass is 79.9. The van der Waals surface area contributed by atoms with Crippen molar-refractivity contribution in [3.63, 3.8) is 0 Å². The van der Waals surface area contributed by atoms with E-state index in [2.05, 4.69) is 25.7 Å². The van der Waals surface area contributed by atoms with Crippen LogP contribution in [0.1, 0.15) is 5.56 Å². The molecule has 15 heavy (non-hydrogen) atoms. The summed E-state index contributed by atoms with van der Waals surface area (Å²) in [7, 11) is 1.22. The molecule has 1 heterocycles. The molecule has 0 aromatic carbocycles. The van der Waals surface area contributed by atoms with Gasteiger partial charge < -0.3 is 14.9 Å². The van der Waals surface area contributed by atoms with Gasteiger partial charge in [-0.05, 0) is 31.9 Å². The molecule has 1 rings (SSSR count). The van der Waals surface area contributed by atoms with Gasteiger partial charge in [0.25, 0.3) is 0 Å². The third-order valence-electron chi connectivity index (χ3n) is 1.64. The molecule has 1 aromatic rings. The van der Waals surface area contributed by atoms with Gasteiger partial charge in [0.1, 0.15) is 0 Å². The smallest absolute Gasteiger partial charge is 0.367 e. The van der Waals surface area contributed by atoms with E-state index in [4.69, 9.17) is 0 Å². The van der Waals surface area contributed by atoms with Crippen LogP contribution in [0.4, 0.5) is 5.82 Å². The van der Waals surface area contributed by atoms with Crippen LogP contribution in [0.25, 0.3) is 0 Å². The number of hydrogen-bond acceptors (Lipinski definition) is 5. The number of halogens is 1. The highest BCUT2D eigenvalue weighted by molar-refractivity contribution is 9.10. The van der Waals surface area contributed by atoms with Crippen LogP contribution in [0.2, 0.25) is 0 Å². The quantitative estimate of drug-likeness (QED) is 0.474. The molecule has 0 aliphatic rings. The van der Waals surface area contributed by atoms with Gasteiger partial charge in [-0.2, -0.15) is 0 Å².